The summed E-state index contributed by atoms with van der Waals surface area (Å²) >= 11 is 0. The summed E-state index contributed by atoms with van der Waals surface area (Å²) in [6.07, 6.45) is 0. The third kappa shape index (κ3) is 5.66. The van der Waals surface area contributed by atoms with Crippen molar-refractivity contribution >= 4 is 15.9 Å². The van der Waals surface area contributed by atoms with E-state index in [1.54, 1.807) is 36.4 Å². The van der Waals surface area contributed by atoms with Crippen LogP contribution in [0.3, 0.4) is 0 Å². The Morgan fingerprint density at radius 1 is 1.13 bits per heavy atom. The molecule has 0 heterocycles. The highest BCUT2D eigenvalue weighted by Crippen LogP contribution is 2.21. The normalized spacial score (nSPS) is 12.6. The summed E-state index contributed by atoms with van der Waals surface area (Å²) in [6, 6.07) is 16.1. The van der Waals surface area contributed by atoms with Crippen LogP contribution in [0.4, 0.5) is 0 Å². The van der Waals surface area contributed by atoms with E-state index in [1.165, 1.54) is 14.1 Å². The van der Waals surface area contributed by atoms with Crippen LogP contribution < -0.4 is 5.32 Å². The number of likely N-dealkylation sites (N-methyl/N-ethyl adjacent to an activating group) is 1. The zero-order valence-electron chi connectivity index (χ0n) is 17.8. The molecule has 0 aromatic heterocycles. The molecule has 1 N–H and O–H groups in total. The van der Waals surface area contributed by atoms with Crippen molar-refractivity contribution in [2.75, 3.05) is 27.2 Å². The lowest BCUT2D eigenvalue weighted by molar-refractivity contribution is -0.122. The predicted octanol–water partition coefficient (Wildman–Crippen LogP) is 2.51. The molecule has 8 heteroatoms. The molecule has 160 valence electrons. The Bertz CT molecular complexity index is 1010. The van der Waals surface area contributed by atoms with Gasteiger partial charge in [0.15, 0.2) is 0 Å². The number of amides is 1. The molecule has 0 saturated heterocycles. The third-order valence-electron chi connectivity index (χ3n) is 5.03. The van der Waals surface area contributed by atoms with E-state index in [1.807, 2.05) is 30.9 Å². The first-order chi connectivity index (χ1) is 14.2. The van der Waals surface area contributed by atoms with Gasteiger partial charge in [-0.1, -0.05) is 37.3 Å². The number of nitrogens with zero attached hydrogens (tertiary/aromatic N) is 3. The van der Waals surface area contributed by atoms with Crippen LogP contribution >= 0.6 is 0 Å². The molecule has 0 aliphatic carbocycles. The van der Waals surface area contributed by atoms with Crippen LogP contribution in [0.1, 0.15) is 36.6 Å². The monoisotopic (exact) mass is 428 g/mol. The van der Waals surface area contributed by atoms with E-state index in [4.69, 9.17) is 5.26 Å². The number of hydrogen-bond donors (Lipinski definition) is 1. The van der Waals surface area contributed by atoms with E-state index in [9.17, 15) is 13.2 Å². The van der Waals surface area contributed by atoms with Crippen LogP contribution in [0.25, 0.3) is 0 Å². The summed E-state index contributed by atoms with van der Waals surface area (Å²) in [5.74, 6) is -0.186. The van der Waals surface area contributed by atoms with E-state index < -0.39 is 10.0 Å². The van der Waals surface area contributed by atoms with Crippen LogP contribution in [-0.4, -0.2) is 50.7 Å². The summed E-state index contributed by atoms with van der Waals surface area (Å²) < 4.78 is 26.2. The molecule has 0 aliphatic rings. The quantitative estimate of drug-likeness (QED) is 0.662. The average molecular weight is 429 g/mol. The molecule has 2 rings (SSSR count). The highest BCUT2D eigenvalue weighted by molar-refractivity contribution is 7.89. The van der Waals surface area contributed by atoms with Gasteiger partial charge < -0.3 is 5.32 Å². The highest BCUT2D eigenvalue weighted by Gasteiger charge is 2.22. The fraction of sp³-hybridized carbons (Fsp3) is 0.364. The highest BCUT2D eigenvalue weighted by atomic mass is 32.2. The predicted molar refractivity (Wildman–Crippen MR) is 116 cm³/mol. The Morgan fingerprint density at radius 2 is 1.77 bits per heavy atom. The van der Waals surface area contributed by atoms with Crippen molar-refractivity contribution in [3.8, 4) is 6.07 Å². The van der Waals surface area contributed by atoms with Gasteiger partial charge in [-0.3, -0.25) is 9.69 Å². The Labute approximate surface area is 179 Å². The Balaban J connectivity index is 2.05. The summed E-state index contributed by atoms with van der Waals surface area (Å²) in [5.41, 5.74) is 2.16. The van der Waals surface area contributed by atoms with Crippen molar-refractivity contribution in [2.45, 2.75) is 31.3 Å². The van der Waals surface area contributed by atoms with Gasteiger partial charge in [-0.25, -0.2) is 12.7 Å². The van der Waals surface area contributed by atoms with E-state index in [0.29, 0.717) is 17.7 Å². The molecule has 0 fully saturated rings. The summed E-state index contributed by atoms with van der Waals surface area (Å²) in [7, 11) is -0.629. The number of benzene rings is 2. The number of nitriles is 1. The maximum absolute atomic E-state index is 12.6. The maximum Gasteiger partial charge on any atom is 0.242 e. The van der Waals surface area contributed by atoms with Crippen molar-refractivity contribution < 1.29 is 13.2 Å². The lowest BCUT2D eigenvalue weighted by atomic mass is 10.0. The van der Waals surface area contributed by atoms with Gasteiger partial charge in [-0.15, -0.1) is 0 Å². The molecule has 0 spiro atoms. The fourth-order valence-electron chi connectivity index (χ4n) is 3.10. The summed E-state index contributed by atoms with van der Waals surface area (Å²) in [5, 5.41) is 11.8. The standard InChI is InChI=1S/C22H28N4O3S/c1-5-26(17(2)19-12-10-18(14-23)11-13-19)16-22(27)24-15-20-8-6-7-9-21(20)30(28,29)25(3)4/h6-13,17H,5,15-16H2,1-4H3,(H,24,27). The van der Waals surface area contributed by atoms with Crippen molar-refractivity contribution in [1.29, 1.82) is 5.26 Å². The van der Waals surface area contributed by atoms with Gasteiger partial charge in [0, 0.05) is 26.7 Å². The first-order valence-corrected chi connectivity index (χ1v) is 11.2. The molecule has 0 aliphatic heterocycles. The van der Waals surface area contributed by atoms with Gasteiger partial charge >= 0.3 is 0 Å². The van der Waals surface area contributed by atoms with Gasteiger partial charge in [-0.2, -0.15) is 5.26 Å². The molecule has 1 amide bonds. The van der Waals surface area contributed by atoms with Crippen molar-refractivity contribution in [3.05, 3.63) is 65.2 Å². The molecule has 2 aromatic rings. The zero-order valence-corrected chi connectivity index (χ0v) is 18.6. The number of hydrogen-bond acceptors (Lipinski definition) is 5. The SMILES string of the molecule is CCN(CC(=O)NCc1ccccc1S(=O)(=O)N(C)C)C(C)c1ccc(C#N)cc1. The zero-order chi connectivity index (χ0) is 22.3. The van der Waals surface area contributed by atoms with Crippen molar-refractivity contribution in [2.24, 2.45) is 0 Å². The fourth-order valence-corrected chi connectivity index (χ4v) is 4.22. The van der Waals surface area contributed by atoms with Crippen LogP contribution in [0.15, 0.2) is 53.4 Å². The number of sulfonamides is 1. The minimum atomic E-state index is -3.59. The molecule has 30 heavy (non-hydrogen) atoms. The number of carbonyl (C=O) groups excluding carboxylic acids is 1. The number of carbonyl (C=O) groups is 1. The molecule has 0 radical (unpaired) electrons. The van der Waals surface area contributed by atoms with E-state index in [2.05, 4.69) is 11.4 Å². The minimum Gasteiger partial charge on any atom is -0.351 e. The second kappa shape index (κ2) is 10.3. The largest absolute Gasteiger partial charge is 0.351 e. The molecular weight excluding hydrogens is 400 g/mol. The average Bonchev–Trinajstić information content (AvgIpc) is 2.75. The van der Waals surface area contributed by atoms with E-state index in [0.717, 1.165) is 9.87 Å². The van der Waals surface area contributed by atoms with Gasteiger partial charge in [0.05, 0.1) is 23.1 Å². The van der Waals surface area contributed by atoms with Crippen molar-refractivity contribution in [3.63, 3.8) is 0 Å². The smallest absolute Gasteiger partial charge is 0.242 e. The van der Waals surface area contributed by atoms with Crippen LogP contribution in [0.2, 0.25) is 0 Å². The lowest BCUT2D eigenvalue weighted by Crippen LogP contribution is -2.38. The first kappa shape index (κ1) is 23.5. The maximum atomic E-state index is 12.6. The Hall–Kier alpha value is -2.73. The first-order valence-electron chi connectivity index (χ1n) is 9.72. The Kier molecular flexibility index (Phi) is 8.12. The van der Waals surface area contributed by atoms with Crippen LogP contribution in [0, 0.1) is 11.3 Å². The molecule has 1 atom stereocenters. The minimum absolute atomic E-state index is 0.00472. The molecule has 0 bridgehead atoms. The second-order valence-electron chi connectivity index (χ2n) is 7.14. The molecular formula is C22H28N4O3S. The van der Waals surface area contributed by atoms with Crippen molar-refractivity contribution in [1.82, 2.24) is 14.5 Å². The number of rotatable bonds is 9. The second-order valence-corrected chi connectivity index (χ2v) is 9.27. The van der Waals surface area contributed by atoms with Crippen LogP contribution in [0.5, 0.6) is 0 Å². The molecule has 0 saturated carbocycles. The Morgan fingerprint density at radius 3 is 2.33 bits per heavy atom. The molecule has 7 nitrogen and oxygen atoms in total. The van der Waals surface area contributed by atoms with E-state index in [-0.39, 0.29) is 29.9 Å². The molecule has 2 aromatic carbocycles. The van der Waals surface area contributed by atoms with E-state index >= 15 is 0 Å². The van der Waals surface area contributed by atoms with Gasteiger partial charge in [-0.05, 0) is 42.8 Å². The van der Waals surface area contributed by atoms with Gasteiger partial charge in [0.1, 0.15) is 0 Å². The number of nitrogens with one attached hydrogen (secondary N) is 1. The summed E-state index contributed by atoms with van der Waals surface area (Å²) in [4.78, 5) is 14.8. The molecule has 1 unspecified atom stereocenters. The topological polar surface area (TPSA) is 93.5 Å². The van der Waals surface area contributed by atoms with Gasteiger partial charge in [0.2, 0.25) is 15.9 Å². The third-order valence-corrected chi connectivity index (χ3v) is 6.95. The van der Waals surface area contributed by atoms with Crippen LogP contribution in [-0.2, 0) is 21.4 Å². The summed E-state index contributed by atoms with van der Waals surface area (Å²) in [6.45, 7) is 4.97. The van der Waals surface area contributed by atoms with Gasteiger partial charge in [0.25, 0.3) is 0 Å². The lowest BCUT2D eigenvalue weighted by Gasteiger charge is -2.27.